The number of oxazole rings is 1. The molecule has 0 radical (unpaired) electrons. The van der Waals surface area contributed by atoms with Crippen LogP contribution in [0.15, 0.2) is 27.2 Å². The van der Waals surface area contributed by atoms with Gasteiger partial charge in [0.05, 0.1) is 11.8 Å². The van der Waals surface area contributed by atoms with Gasteiger partial charge in [-0.2, -0.15) is 0 Å². The van der Waals surface area contributed by atoms with Crippen LogP contribution < -0.4 is 4.74 Å². The lowest BCUT2D eigenvalue weighted by Crippen LogP contribution is -2.04. The minimum Gasteiger partial charge on any atom is -0.480 e. The molecule has 0 saturated carbocycles. The first-order valence-corrected chi connectivity index (χ1v) is 6.30. The first-order valence-electron chi connectivity index (χ1n) is 5.51. The Morgan fingerprint density at radius 3 is 2.84 bits per heavy atom. The summed E-state index contributed by atoms with van der Waals surface area (Å²) >= 11 is 3.14. The lowest BCUT2D eigenvalue weighted by molar-refractivity contribution is 0.101. The summed E-state index contributed by atoms with van der Waals surface area (Å²) in [4.78, 5) is 15.4. The Kier molecular flexibility index (Phi) is 3.99. The average Bonchev–Trinajstić information content (AvgIpc) is 2.73. The summed E-state index contributed by atoms with van der Waals surface area (Å²) in [7, 11) is 0. The van der Waals surface area contributed by atoms with E-state index in [1.807, 2.05) is 0 Å². The zero-order chi connectivity index (χ0) is 14.0. The summed E-state index contributed by atoms with van der Waals surface area (Å²) in [5.41, 5.74) is 0.176. The number of nitrogens with zero attached hydrogens (tertiary/aromatic N) is 1. The third kappa shape index (κ3) is 3.20. The van der Waals surface area contributed by atoms with Gasteiger partial charge in [-0.05, 0) is 26.0 Å². The molecule has 0 aliphatic rings. The van der Waals surface area contributed by atoms with Gasteiger partial charge in [0.25, 0.3) is 0 Å². The van der Waals surface area contributed by atoms with Crippen molar-refractivity contribution >= 4 is 21.7 Å². The molecule has 0 amide bonds. The van der Waals surface area contributed by atoms with Gasteiger partial charge < -0.3 is 9.15 Å². The molecule has 2 aromatic rings. The van der Waals surface area contributed by atoms with Gasteiger partial charge in [0.1, 0.15) is 5.76 Å². The van der Waals surface area contributed by atoms with Gasteiger partial charge in [-0.1, -0.05) is 15.9 Å². The summed E-state index contributed by atoms with van der Waals surface area (Å²) < 4.78 is 24.8. The molecule has 0 N–H and O–H groups in total. The summed E-state index contributed by atoms with van der Waals surface area (Å²) in [5.74, 6) is -0.0100. The van der Waals surface area contributed by atoms with Crippen LogP contribution in [-0.2, 0) is 6.61 Å². The van der Waals surface area contributed by atoms with E-state index in [4.69, 9.17) is 9.15 Å². The molecule has 0 bridgehead atoms. The van der Waals surface area contributed by atoms with E-state index in [1.165, 1.54) is 19.1 Å². The molecule has 0 atom stereocenters. The molecule has 0 fully saturated rings. The second-order valence-corrected chi connectivity index (χ2v) is 4.89. The Balaban J connectivity index is 2.26. The summed E-state index contributed by atoms with van der Waals surface area (Å²) in [6, 6.07) is 2.75. The Bertz CT molecular complexity index is 624. The van der Waals surface area contributed by atoms with Crippen LogP contribution in [0.3, 0.4) is 0 Å². The highest BCUT2D eigenvalue weighted by molar-refractivity contribution is 9.10. The van der Waals surface area contributed by atoms with Gasteiger partial charge in [0, 0.05) is 4.47 Å². The van der Waals surface area contributed by atoms with Crippen LogP contribution >= 0.6 is 15.9 Å². The van der Waals surface area contributed by atoms with E-state index in [9.17, 15) is 9.18 Å². The van der Waals surface area contributed by atoms with Crippen molar-refractivity contribution in [3.63, 3.8) is 0 Å². The number of carbonyl (C=O) groups excluding carboxylic acids is 1. The van der Waals surface area contributed by atoms with Gasteiger partial charge in [-0.15, -0.1) is 0 Å². The largest absolute Gasteiger partial charge is 0.480 e. The summed E-state index contributed by atoms with van der Waals surface area (Å²) in [6.07, 6.45) is 1.54. The number of hydrogen-bond donors (Lipinski definition) is 0. The van der Waals surface area contributed by atoms with Crippen molar-refractivity contribution in [1.29, 1.82) is 0 Å². The minimum atomic E-state index is -0.608. The number of aromatic nitrogens is 1. The highest BCUT2D eigenvalue weighted by atomic mass is 79.9. The van der Waals surface area contributed by atoms with E-state index in [1.54, 1.807) is 13.1 Å². The second-order valence-electron chi connectivity index (χ2n) is 3.97. The zero-order valence-corrected chi connectivity index (χ0v) is 12.0. The summed E-state index contributed by atoms with van der Waals surface area (Å²) in [5, 5.41) is 0. The molecule has 100 valence electrons. The normalized spacial score (nSPS) is 10.5. The predicted octanol–water partition coefficient (Wildman–Crippen LogP) is 3.67. The van der Waals surface area contributed by atoms with E-state index in [-0.39, 0.29) is 23.7 Å². The molecule has 1 heterocycles. The second kappa shape index (κ2) is 5.52. The van der Waals surface area contributed by atoms with E-state index >= 15 is 0 Å². The molecule has 1 aromatic heterocycles. The maximum atomic E-state index is 13.8. The number of ether oxygens (including phenoxy) is 1. The van der Waals surface area contributed by atoms with Crippen molar-refractivity contribution in [3.8, 4) is 5.75 Å². The Morgan fingerprint density at radius 2 is 2.26 bits per heavy atom. The number of Topliss-reactive ketones (excluding diaryl/α,β-unsaturated/α-hetero) is 1. The SMILES string of the molecule is CC(=O)c1cc(Br)cc(F)c1OCc1ncc(C)o1. The van der Waals surface area contributed by atoms with Crippen molar-refractivity contribution in [2.75, 3.05) is 0 Å². The highest BCUT2D eigenvalue weighted by Crippen LogP contribution is 2.28. The molecular formula is C13H11BrFNO3. The van der Waals surface area contributed by atoms with E-state index in [2.05, 4.69) is 20.9 Å². The molecule has 4 nitrogen and oxygen atoms in total. The molecule has 0 unspecified atom stereocenters. The third-order valence-electron chi connectivity index (χ3n) is 2.40. The molecule has 1 aromatic carbocycles. The fraction of sp³-hybridized carbons (Fsp3) is 0.231. The minimum absolute atomic E-state index is 0.0350. The van der Waals surface area contributed by atoms with Crippen molar-refractivity contribution in [2.24, 2.45) is 0 Å². The van der Waals surface area contributed by atoms with Crippen molar-refractivity contribution in [1.82, 2.24) is 4.98 Å². The standard InChI is InChI=1S/C13H11BrFNO3/c1-7-5-16-12(19-7)6-18-13-10(8(2)17)3-9(14)4-11(13)15/h3-5H,6H2,1-2H3. The smallest absolute Gasteiger partial charge is 0.232 e. The lowest BCUT2D eigenvalue weighted by Gasteiger charge is -2.10. The maximum absolute atomic E-state index is 13.8. The van der Waals surface area contributed by atoms with Crippen molar-refractivity contribution < 1.29 is 18.3 Å². The highest BCUT2D eigenvalue weighted by Gasteiger charge is 2.16. The number of aryl methyl sites for hydroxylation is 1. The fourth-order valence-electron chi connectivity index (χ4n) is 1.57. The maximum Gasteiger partial charge on any atom is 0.232 e. The molecule has 19 heavy (non-hydrogen) atoms. The molecule has 6 heteroatoms. The number of hydrogen-bond acceptors (Lipinski definition) is 4. The molecule has 0 spiro atoms. The topological polar surface area (TPSA) is 52.3 Å². The summed E-state index contributed by atoms with van der Waals surface area (Å²) in [6.45, 7) is 3.06. The van der Waals surface area contributed by atoms with Crippen LogP contribution in [0.1, 0.15) is 28.9 Å². The quantitative estimate of drug-likeness (QED) is 0.804. The molecular weight excluding hydrogens is 317 g/mol. The molecule has 0 saturated heterocycles. The number of ketones is 1. The first kappa shape index (κ1) is 13.7. The molecule has 0 aliphatic carbocycles. The monoisotopic (exact) mass is 327 g/mol. The van der Waals surface area contributed by atoms with E-state index in [0.717, 1.165) is 0 Å². The fourth-order valence-corrected chi connectivity index (χ4v) is 2.00. The number of halogens is 2. The van der Waals surface area contributed by atoms with Crippen LogP contribution in [0.2, 0.25) is 0 Å². The first-order chi connectivity index (χ1) is 8.97. The van der Waals surface area contributed by atoms with Gasteiger partial charge in [-0.3, -0.25) is 4.79 Å². The van der Waals surface area contributed by atoms with Gasteiger partial charge in [0.2, 0.25) is 5.89 Å². The van der Waals surface area contributed by atoms with Gasteiger partial charge in [0.15, 0.2) is 24.0 Å². The number of benzene rings is 1. The number of carbonyl (C=O) groups is 1. The zero-order valence-electron chi connectivity index (χ0n) is 10.4. The van der Waals surface area contributed by atoms with Gasteiger partial charge >= 0.3 is 0 Å². The van der Waals surface area contributed by atoms with Gasteiger partial charge in [-0.25, -0.2) is 9.37 Å². The Morgan fingerprint density at radius 1 is 1.53 bits per heavy atom. The van der Waals surface area contributed by atoms with Crippen LogP contribution in [-0.4, -0.2) is 10.8 Å². The molecule has 2 rings (SSSR count). The Labute approximate surface area is 117 Å². The number of rotatable bonds is 4. The van der Waals surface area contributed by atoms with Crippen LogP contribution in [0.4, 0.5) is 4.39 Å². The van der Waals surface area contributed by atoms with Crippen molar-refractivity contribution in [3.05, 3.63) is 45.8 Å². The van der Waals surface area contributed by atoms with Crippen LogP contribution in [0, 0.1) is 12.7 Å². The predicted molar refractivity (Wildman–Crippen MR) is 69.7 cm³/mol. The van der Waals surface area contributed by atoms with Crippen LogP contribution in [0.25, 0.3) is 0 Å². The van der Waals surface area contributed by atoms with E-state index in [0.29, 0.717) is 16.1 Å². The molecule has 0 aliphatic heterocycles. The van der Waals surface area contributed by atoms with E-state index < -0.39 is 5.82 Å². The lowest BCUT2D eigenvalue weighted by atomic mass is 10.1. The Hall–Kier alpha value is -1.69. The third-order valence-corrected chi connectivity index (χ3v) is 2.85. The van der Waals surface area contributed by atoms with Crippen molar-refractivity contribution in [2.45, 2.75) is 20.5 Å². The average molecular weight is 328 g/mol. The van der Waals surface area contributed by atoms with Crippen LogP contribution in [0.5, 0.6) is 5.75 Å².